The number of hydrogen-bond donors (Lipinski definition) is 0. The van der Waals surface area contributed by atoms with Gasteiger partial charge in [-0.25, -0.2) is 19.2 Å². The number of rotatable bonds is 2. The second-order valence-electron chi connectivity index (χ2n) is 3.39. The number of ether oxygens (including phenoxy) is 1. The van der Waals surface area contributed by atoms with Gasteiger partial charge in [-0.05, 0) is 12.1 Å². The zero-order chi connectivity index (χ0) is 13.1. The standard InChI is InChI=1S/C12H8ClFN2O2/c1-18-12(17)11-15-6-9(14)10(16-11)7-2-4-8(13)5-3-7/h2-6H,1H3. The monoisotopic (exact) mass is 266 g/mol. The fourth-order valence-corrected chi connectivity index (χ4v) is 1.49. The van der Waals surface area contributed by atoms with E-state index in [0.29, 0.717) is 10.6 Å². The Kier molecular flexibility index (Phi) is 3.53. The molecule has 0 atom stereocenters. The van der Waals surface area contributed by atoms with Crippen molar-refractivity contribution in [2.45, 2.75) is 0 Å². The van der Waals surface area contributed by atoms with Crippen molar-refractivity contribution in [1.29, 1.82) is 0 Å². The van der Waals surface area contributed by atoms with Crippen LogP contribution in [0.1, 0.15) is 10.6 Å². The van der Waals surface area contributed by atoms with Gasteiger partial charge in [-0.3, -0.25) is 0 Å². The summed E-state index contributed by atoms with van der Waals surface area (Å²) in [7, 11) is 1.21. The number of halogens is 2. The first-order valence-corrected chi connectivity index (χ1v) is 5.36. The van der Waals surface area contributed by atoms with Crippen LogP contribution in [0.5, 0.6) is 0 Å². The Morgan fingerprint density at radius 3 is 2.61 bits per heavy atom. The largest absolute Gasteiger partial charge is 0.463 e. The summed E-state index contributed by atoms with van der Waals surface area (Å²) in [6.07, 6.45) is 0.934. The minimum absolute atomic E-state index is 0.0297. The Bertz CT molecular complexity index is 587. The van der Waals surface area contributed by atoms with Gasteiger partial charge >= 0.3 is 5.97 Å². The van der Waals surface area contributed by atoms with Gasteiger partial charge in [0.1, 0.15) is 5.69 Å². The number of methoxy groups -OCH3 is 1. The Morgan fingerprint density at radius 2 is 2.00 bits per heavy atom. The number of benzene rings is 1. The van der Waals surface area contributed by atoms with Crippen molar-refractivity contribution in [3.63, 3.8) is 0 Å². The number of esters is 1. The lowest BCUT2D eigenvalue weighted by molar-refractivity contribution is 0.0586. The van der Waals surface area contributed by atoms with Crippen LogP contribution in [0.4, 0.5) is 4.39 Å². The van der Waals surface area contributed by atoms with Crippen molar-refractivity contribution in [3.05, 3.63) is 47.1 Å². The van der Waals surface area contributed by atoms with E-state index >= 15 is 0 Å². The molecule has 18 heavy (non-hydrogen) atoms. The highest BCUT2D eigenvalue weighted by Crippen LogP contribution is 2.22. The van der Waals surface area contributed by atoms with Crippen molar-refractivity contribution in [2.75, 3.05) is 7.11 Å². The third-order valence-corrected chi connectivity index (χ3v) is 2.48. The Hall–Kier alpha value is -2.01. The molecule has 92 valence electrons. The van der Waals surface area contributed by atoms with Gasteiger partial charge in [-0.2, -0.15) is 0 Å². The Labute approximate surface area is 107 Å². The third kappa shape index (κ3) is 2.46. The Balaban J connectivity index is 2.49. The molecular weight excluding hydrogens is 259 g/mol. The fraction of sp³-hybridized carbons (Fsp3) is 0.0833. The molecule has 2 rings (SSSR count). The van der Waals surface area contributed by atoms with Crippen LogP contribution in [0.2, 0.25) is 5.02 Å². The van der Waals surface area contributed by atoms with Gasteiger partial charge in [-0.1, -0.05) is 23.7 Å². The topological polar surface area (TPSA) is 52.1 Å². The van der Waals surface area contributed by atoms with Crippen LogP contribution in [-0.4, -0.2) is 23.0 Å². The predicted octanol–water partition coefficient (Wildman–Crippen LogP) is 2.72. The van der Waals surface area contributed by atoms with E-state index in [4.69, 9.17) is 11.6 Å². The molecule has 0 spiro atoms. The van der Waals surface area contributed by atoms with Gasteiger partial charge in [0.05, 0.1) is 13.3 Å². The summed E-state index contributed by atoms with van der Waals surface area (Å²) in [5.74, 6) is -1.53. The lowest BCUT2D eigenvalue weighted by Gasteiger charge is -2.04. The molecule has 1 aromatic heterocycles. The molecule has 2 aromatic rings. The molecule has 0 aliphatic carbocycles. The van der Waals surface area contributed by atoms with Gasteiger partial charge in [0.25, 0.3) is 0 Å². The molecule has 0 saturated carbocycles. The summed E-state index contributed by atoms with van der Waals surface area (Å²) in [5.41, 5.74) is 0.534. The number of aromatic nitrogens is 2. The average molecular weight is 267 g/mol. The first-order chi connectivity index (χ1) is 8.61. The molecule has 6 heteroatoms. The van der Waals surface area contributed by atoms with E-state index in [0.717, 1.165) is 6.20 Å². The van der Waals surface area contributed by atoms with Gasteiger partial charge in [-0.15, -0.1) is 0 Å². The highest BCUT2D eigenvalue weighted by atomic mass is 35.5. The molecule has 0 N–H and O–H groups in total. The number of nitrogens with zero attached hydrogens (tertiary/aromatic N) is 2. The maximum absolute atomic E-state index is 13.6. The first kappa shape index (κ1) is 12.4. The van der Waals surface area contributed by atoms with Crippen molar-refractivity contribution >= 4 is 17.6 Å². The normalized spacial score (nSPS) is 10.2. The van der Waals surface area contributed by atoms with E-state index in [2.05, 4.69) is 14.7 Å². The molecule has 0 aliphatic rings. The molecule has 1 aromatic carbocycles. The molecule has 0 unspecified atom stereocenters. The Morgan fingerprint density at radius 1 is 1.33 bits per heavy atom. The van der Waals surface area contributed by atoms with Crippen molar-refractivity contribution in [1.82, 2.24) is 9.97 Å². The summed E-state index contributed by atoms with van der Waals surface area (Å²) in [6.45, 7) is 0. The predicted molar refractivity (Wildman–Crippen MR) is 63.8 cm³/mol. The molecule has 0 saturated heterocycles. The van der Waals surface area contributed by atoms with E-state index in [1.165, 1.54) is 7.11 Å². The lowest BCUT2D eigenvalue weighted by atomic mass is 10.1. The molecule has 0 fully saturated rings. The average Bonchev–Trinajstić information content (AvgIpc) is 2.39. The third-order valence-electron chi connectivity index (χ3n) is 2.23. The quantitative estimate of drug-likeness (QED) is 0.784. The maximum Gasteiger partial charge on any atom is 0.376 e. The number of hydrogen-bond acceptors (Lipinski definition) is 4. The highest BCUT2D eigenvalue weighted by molar-refractivity contribution is 6.30. The van der Waals surface area contributed by atoms with Gasteiger partial charge in [0.15, 0.2) is 5.82 Å². The van der Waals surface area contributed by atoms with Crippen LogP contribution in [0.15, 0.2) is 30.5 Å². The van der Waals surface area contributed by atoms with Crippen LogP contribution in [0.3, 0.4) is 0 Å². The van der Waals surface area contributed by atoms with Crippen molar-refractivity contribution < 1.29 is 13.9 Å². The minimum Gasteiger partial charge on any atom is -0.463 e. The summed E-state index contributed by atoms with van der Waals surface area (Å²) >= 11 is 5.74. The van der Waals surface area contributed by atoms with Gasteiger partial charge < -0.3 is 4.74 Å². The zero-order valence-electron chi connectivity index (χ0n) is 9.35. The molecule has 0 bridgehead atoms. The van der Waals surface area contributed by atoms with Crippen molar-refractivity contribution in [3.8, 4) is 11.3 Å². The second kappa shape index (κ2) is 5.10. The van der Waals surface area contributed by atoms with Crippen LogP contribution in [0.25, 0.3) is 11.3 Å². The van der Waals surface area contributed by atoms with E-state index in [9.17, 15) is 9.18 Å². The molecule has 4 nitrogen and oxygen atoms in total. The minimum atomic E-state index is -0.717. The molecular formula is C12H8ClFN2O2. The molecule has 0 aliphatic heterocycles. The smallest absolute Gasteiger partial charge is 0.376 e. The van der Waals surface area contributed by atoms with Gasteiger partial charge in [0.2, 0.25) is 5.82 Å². The van der Waals surface area contributed by atoms with Crippen LogP contribution in [-0.2, 0) is 4.74 Å². The van der Waals surface area contributed by atoms with Crippen LogP contribution in [0, 0.1) is 5.82 Å². The summed E-state index contributed by atoms with van der Waals surface area (Å²) in [5, 5.41) is 0.529. The number of carbonyl (C=O) groups excluding carboxylic acids is 1. The van der Waals surface area contributed by atoms with E-state index in [1.54, 1.807) is 24.3 Å². The fourth-order valence-electron chi connectivity index (χ4n) is 1.37. The lowest BCUT2D eigenvalue weighted by Crippen LogP contribution is -2.08. The molecule has 1 heterocycles. The SMILES string of the molecule is COC(=O)c1ncc(F)c(-c2ccc(Cl)cc2)n1. The maximum atomic E-state index is 13.6. The number of carbonyl (C=O) groups is 1. The summed E-state index contributed by atoms with van der Waals surface area (Å²) in [6, 6.07) is 6.43. The first-order valence-electron chi connectivity index (χ1n) is 4.98. The van der Waals surface area contributed by atoms with Crippen LogP contribution < -0.4 is 0 Å². The summed E-state index contributed by atoms with van der Waals surface area (Å²) in [4.78, 5) is 18.7. The second-order valence-corrected chi connectivity index (χ2v) is 3.83. The van der Waals surface area contributed by atoms with E-state index in [-0.39, 0.29) is 11.5 Å². The molecule has 0 radical (unpaired) electrons. The van der Waals surface area contributed by atoms with Crippen LogP contribution >= 0.6 is 11.6 Å². The van der Waals surface area contributed by atoms with Gasteiger partial charge in [0, 0.05) is 10.6 Å². The zero-order valence-corrected chi connectivity index (χ0v) is 10.1. The molecule has 0 amide bonds. The summed E-state index contributed by atoms with van der Waals surface area (Å²) < 4.78 is 18.1. The highest BCUT2D eigenvalue weighted by Gasteiger charge is 2.14. The van der Waals surface area contributed by atoms with E-state index in [1.807, 2.05) is 0 Å². The van der Waals surface area contributed by atoms with Crippen molar-refractivity contribution in [2.24, 2.45) is 0 Å². The van der Waals surface area contributed by atoms with E-state index < -0.39 is 11.8 Å².